The molecular formula is C6H8ClN3O2S. The molecule has 0 spiro atoms. The molecule has 13 heavy (non-hydrogen) atoms. The first-order chi connectivity index (χ1) is 5.93. The first kappa shape index (κ1) is 10.2. The highest BCUT2D eigenvalue weighted by atomic mass is 35.7. The van der Waals surface area contributed by atoms with E-state index in [9.17, 15) is 8.42 Å². The van der Waals surface area contributed by atoms with Crippen molar-refractivity contribution in [2.45, 2.75) is 5.03 Å². The molecule has 1 heterocycles. The van der Waals surface area contributed by atoms with Gasteiger partial charge in [-0.2, -0.15) is 0 Å². The summed E-state index contributed by atoms with van der Waals surface area (Å²) in [5, 5.41) is -0.221. The van der Waals surface area contributed by atoms with E-state index in [1.807, 2.05) is 0 Å². The van der Waals surface area contributed by atoms with Gasteiger partial charge < -0.3 is 4.90 Å². The summed E-state index contributed by atoms with van der Waals surface area (Å²) in [5.41, 5.74) is 0. The predicted molar refractivity (Wildman–Crippen MR) is 49.4 cm³/mol. The van der Waals surface area contributed by atoms with E-state index in [2.05, 4.69) is 9.97 Å². The maximum absolute atomic E-state index is 11.0. The van der Waals surface area contributed by atoms with Crippen LogP contribution in [0.25, 0.3) is 0 Å². The number of aromatic nitrogens is 2. The van der Waals surface area contributed by atoms with E-state index in [-0.39, 0.29) is 10.8 Å². The fraction of sp³-hybridized carbons (Fsp3) is 0.333. The van der Waals surface area contributed by atoms with Crippen molar-refractivity contribution in [3.63, 3.8) is 0 Å². The molecule has 0 bridgehead atoms. The largest absolute Gasteiger partial charge is 0.360 e. The van der Waals surface area contributed by atoms with E-state index in [1.165, 1.54) is 17.3 Å². The van der Waals surface area contributed by atoms with Crippen LogP contribution in [0, 0.1) is 0 Å². The second-order valence-corrected chi connectivity index (χ2v) is 5.00. The summed E-state index contributed by atoms with van der Waals surface area (Å²) < 4.78 is 22.0. The van der Waals surface area contributed by atoms with Crippen LogP contribution in [0.1, 0.15) is 0 Å². The molecule has 7 heteroatoms. The molecule has 0 fully saturated rings. The molecule has 0 atom stereocenters. The summed E-state index contributed by atoms with van der Waals surface area (Å²) in [5.74, 6) is 0.234. The Morgan fingerprint density at radius 1 is 1.31 bits per heavy atom. The standard InChI is InChI=1S/C6H8ClN3O2S/c1-10(2)5-6(13(7,11)12)9-4-3-8-5/h3-4H,1-2H3. The van der Waals surface area contributed by atoms with E-state index in [1.54, 1.807) is 14.1 Å². The van der Waals surface area contributed by atoms with Crippen molar-refractivity contribution in [3.8, 4) is 0 Å². The van der Waals surface area contributed by atoms with Gasteiger partial charge in [0.2, 0.25) is 5.03 Å². The van der Waals surface area contributed by atoms with Crippen molar-refractivity contribution in [1.82, 2.24) is 9.97 Å². The Labute approximate surface area is 80.8 Å². The van der Waals surface area contributed by atoms with E-state index >= 15 is 0 Å². The van der Waals surface area contributed by atoms with Gasteiger partial charge in [-0.05, 0) is 0 Å². The fourth-order valence-corrected chi connectivity index (χ4v) is 1.76. The number of rotatable bonds is 2. The molecule has 0 saturated carbocycles. The summed E-state index contributed by atoms with van der Waals surface area (Å²) in [6.07, 6.45) is 2.68. The van der Waals surface area contributed by atoms with Crippen LogP contribution in [0.15, 0.2) is 17.4 Å². The third kappa shape index (κ3) is 2.28. The van der Waals surface area contributed by atoms with Crippen LogP contribution in [0.3, 0.4) is 0 Å². The minimum atomic E-state index is -3.82. The number of anilines is 1. The third-order valence-electron chi connectivity index (χ3n) is 1.30. The van der Waals surface area contributed by atoms with Gasteiger partial charge in [-0.1, -0.05) is 0 Å². The second-order valence-electron chi connectivity index (χ2n) is 2.52. The quantitative estimate of drug-likeness (QED) is 0.680. The molecule has 0 aromatic carbocycles. The van der Waals surface area contributed by atoms with E-state index < -0.39 is 9.05 Å². The lowest BCUT2D eigenvalue weighted by Crippen LogP contribution is -2.15. The Bertz CT molecular complexity index is 404. The van der Waals surface area contributed by atoms with E-state index in [4.69, 9.17) is 10.7 Å². The Morgan fingerprint density at radius 3 is 2.23 bits per heavy atom. The first-order valence-corrected chi connectivity index (χ1v) is 5.67. The van der Waals surface area contributed by atoms with Crippen molar-refractivity contribution in [2.24, 2.45) is 0 Å². The molecule has 0 aliphatic rings. The summed E-state index contributed by atoms with van der Waals surface area (Å²) in [6.45, 7) is 0. The second kappa shape index (κ2) is 3.47. The topological polar surface area (TPSA) is 63.2 Å². The number of hydrogen-bond donors (Lipinski definition) is 0. The molecular weight excluding hydrogens is 214 g/mol. The monoisotopic (exact) mass is 221 g/mol. The first-order valence-electron chi connectivity index (χ1n) is 3.36. The fourth-order valence-electron chi connectivity index (χ4n) is 0.797. The minimum Gasteiger partial charge on any atom is -0.360 e. The average molecular weight is 222 g/mol. The van der Waals surface area contributed by atoms with Gasteiger partial charge >= 0.3 is 0 Å². The SMILES string of the molecule is CN(C)c1nccnc1S(=O)(=O)Cl. The molecule has 0 amide bonds. The van der Waals surface area contributed by atoms with Crippen molar-refractivity contribution >= 4 is 25.6 Å². The number of hydrogen-bond acceptors (Lipinski definition) is 5. The molecule has 0 aliphatic carbocycles. The van der Waals surface area contributed by atoms with Crippen LogP contribution in [0.2, 0.25) is 0 Å². The molecule has 72 valence electrons. The Balaban J connectivity index is 3.37. The summed E-state index contributed by atoms with van der Waals surface area (Å²) >= 11 is 0. The van der Waals surface area contributed by atoms with Crippen LogP contribution in [0.5, 0.6) is 0 Å². The molecule has 1 rings (SSSR count). The Morgan fingerprint density at radius 2 is 1.85 bits per heavy atom. The molecule has 0 unspecified atom stereocenters. The highest BCUT2D eigenvalue weighted by Crippen LogP contribution is 2.20. The molecule has 5 nitrogen and oxygen atoms in total. The zero-order chi connectivity index (χ0) is 10.1. The molecule has 0 aliphatic heterocycles. The van der Waals surface area contributed by atoms with Crippen LogP contribution in [-0.4, -0.2) is 32.5 Å². The van der Waals surface area contributed by atoms with Gasteiger partial charge in [0.05, 0.1) is 0 Å². The van der Waals surface area contributed by atoms with Gasteiger partial charge in [-0.25, -0.2) is 18.4 Å². The lowest BCUT2D eigenvalue weighted by atomic mass is 10.6. The zero-order valence-electron chi connectivity index (χ0n) is 7.10. The molecule has 0 radical (unpaired) electrons. The zero-order valence-corrected chi connectivity index (χ0v) is 8.67. The molecule has 1 aromatic rings. The smallest absolute Gasteiger partial charge is 0.282 e. The van der Waals surface area contributed by atoms with Gasteiger partial charge in [0, 0.05) is 37.2 Å². The number of nitrogens with zero attached hydrogens (tertiary/aromatic N) is 3. The summed E-state index contributed by atoms with van der Waals surface area (Å²) in [4.78, 5) is 9.02. The van der Waals surface area contributed by atoms with Crippen molar-refractivity contribution in [3.05, 3.63) is 12.4 Å². The van der Waals surface area contributed by atoms with Crippen molar-refractivity contribution < 1.29 is 8.42 Å². The number of halogens is 1. The molecule has 1 aromatic heterocycles. The van der Waals surface area contributed by atoms with Gasteiger partial charge in [0.25, 0.3) is 9.05 Å². The lowest BCUT2D eigenvalue weighted by molar-refractivity contribution is 0.605. The Kier molecular flexibility index (Phi) is 2.72. The third-order valence-corrected chi connectivity index (χ3v) is 2.49. The van der Waals surface area contributed by atoms with Crippen molar-refractivity contribution in [1.29, 1.82) is 0 Å². The van der Waals surface area contributed by atoms with Gasteiger partial charge in [0.15, 0.2) is 5.82 Å². The maximum atomic E-state index is 11.0. The van der Waals surface area contributed by atoms with Crippen LogP contribution >= 0.6 is 10.7 Å². The van der Waals surface area contributed by atoms with Gasteiger partial charge in [0.1, 0.15) is 0 Å². The Hall–Kier alpha value is -0.880. The van der Waals surface area contributed by atoms with Gasteiger partial charge in [-0.15, -0.1) is 0 Å². The highest BCUT2D eigenvalue weighted by molar-refractivity contribution is 8.13. The average Bonchev–Trinajstić information content (AvgIpc) is 2.03. The predicted octanol–water partition coefficient (Wildman–Crippen LogP) is 0.470. The molecule has 0 saturated heterocycles. The van der Waals surface area contributed by atoms with Crippen LogP contribution in [-0.2, 0) is 9.05 Å². The van der Waals surface area contributed by atoms with E-state index in [0.717, 1.165) is 0 Å². The van der Waals surface area contributed by atoms with Crippen LogP contribution < -0.4 is 4.90 Å². The summed E-state index contributed by atoms with van der Waals surface area (Å²) in [6, 6.07) is 0. The van der Waals surface area contributed by atoms with Crippen LogP contribution in [0.4, 0.5) is 5.82 Å². The summed E-state index contributed by atoms with van der Waals surface area (Å²) in [7, 11) is 4.65. The van der Waals surface area contributed by atoms with E-state index in [0.29, 0.717) is 0 Å². The van der Waals surface area contributed by atoms with Gasteiger partial charge in [-0.3, -0.25) is 0 Å². The van der Waals surface area contributed by atoms with Crippen molar-refractivity contribution in [2.75, 3.05) is 19.0 Å². The lowest BCUT2D eigenvalue weighted by Gasteiger charge is -2.12. The normalized spacial score (nSPS) is 11.3. The minimum absolute atomic E-state index is 0.221. The highest BCUT2D eigenvalue weighted by Gasteiger charge is 2.19. The molecule has 0 N–H and O–H groups in total. The maximum Gasteiger partial charge on any atom is 0.282 e.